The molecule has 0 amide bonds. The molecule has 0 aliphatic heterocycles. The lowest BCUT2D eigenvalue weighted by molar-refractivity contribution is 0.569. The standard InChI is InChI=1S/C10H10BrN3O3S/c1-6-5-17-10(13-6)14-18(15,16)9-4-7(12)2-3-8(9)11/h2-5H,12H2,1H3,(H,13,14). The highest BCUT2D eigenvalue weighted by Crippen LogP contribution is 2.25. The number of nitrogens with two attached hydrogens (primary N) is 1. The first kappa shape index (κ1) is 12.9. The topological polar surface area (TPSA) is 98.2 Å². The minimum Gasteiger partial charge on any atom is -0.431 e. The molecule has 0 radical (unpaired) electrons. The SMILES string of the molecule is Cc1coc(NS(=O)(=O)c2cc(N)ccc2Br)n1. The molecule has 0 atom stereocenters. The highest BCUT2D eigenvalue weighted by Gasteiger charge is 2.20. The maximum atomic E-state index is 12.1. The van der Waals surface area contributed by atoms with Crippen LogP contribution in [-0.2, 0) is 10.0 Å². The summed E-state index contributed by atoms with van der Waals surface area (Å²) in [4.78, 5) is 3.90. The number of hydrogen-bond donors (Lipinski definition) is 2. The van der Waals surface area contributed by atoms with E-state index in [1.54, 1.807) is 19.1 Å². The Morgan fingerprint density at radius 3 is 2.78 bits per heavy atom. The molecule has 0 bridgehead atoms. The van der Waals surface area contributed by atoms with E-state index >= 15 is 0 Å². The monoisotopic (exact) mass is 331 g/mol. The van der Waals surface area contributed by atoms with Crippen LogP contribution in [0.25, 0.3) is 0 Å². The van der Waals surface area contributed by atoms with Crippen molar-refractivity contribution in [3.8, 4) is 0 Å². The Morgan fingerprint density at radius 2 is 2.17 bits per heavy atom. The van der Waals surface area contributed by atoms with Gasteiger partial charge in [0.05, 0.1) is 5.69 Å². The summed E-state index contributed by atoms with van der Waals surface area (Å²) >= 11 is 3.16. The Morgan fingerprint density at radius 1 is 1.44 bits per heavy atom. The molecule has 0 unspecified atom stereocenters. The molecule has 1 aromatic carbocycles. The Bertz CT molecular complexity index is 681. The van der Waals surface area contributed by atoms with Crippen LogP contribution in [-0.4, -0.2) is 13.4 Å². The van der Waals surface area contributed by atoms with Crippen LogP contribution in [0.4, 0.5) is 11.7 Å². The molecule has 18 heavy (non-hydrogen) atoms. The first-order chi connectivity index (χ1) is 8.38. The van der Waals surface area contributed by atoms with E-state index in [2.05, 4.69) is 25.6 Å². The molecule has 1 aromatic heterocycles. The lowest BCUT2D eigenvalue weighted by atomic mass is 10.3. The van der Waals surface area contributed by atoms with Crippen LogP contribution in [0.15, 0.2) is 38.2 Å². The predicted molar refractivity (Wildman–Crippen MR) is 70.6 cm³/mol. The van der Waals surface area contributed by atoms with E-state index in [0.29, 0.717) is 15.9 Å². The molecule has 2 aromatic rings. The zero-order chi connectivity index (χ0) is 13.3. The number of anilines is 2. The second-order valence-electron chi connectivity index (χ2n) is 3.59. The number of benzene rings is 1. The number of oxazole rings is 1. The second-order valence-corrected chi connectivity index (χ2v) is 6.09. The summed E-state index contributed by atoms with van der Waals surface area (Å²) in [5.41, 5.74) is 6.50. The quantitative estimate of drug-likeness (QED) is 0.839. The second kappa shape index (κ2) is 4.62. The minimum atomic E-state index is -3.79. The maximum Gasteiger partial charge on any atom is 0.309 e. The zero-order valence-corrected chi connectivity index (χ0v) is 11.7. The van der Waals surface area contributed by atoms with E-state index in [1.165, 1.54) is 12.3 Å². The molecule has 0 aliphatic carbocycles. The van der Waals surface area contributed by atoms with Crippen molar-refractivity contribution in [1.29, 1.82) is 0 Å². The Hall–Kier alpha value is -1.54. The first-order valence-electron chi connectivity index (χ1n) is 4.88. The third kappa shape index (κ3) is 2.65. The van der Waals surface area contributed by atoms with Crippen LogP contribution >= 0.6 is 15.9 Å². The molecule has 8 heteroatoms. The van der Waals surface area contributed by atoms with Gasteiger partial charge in [-0.25, -0.2) is 13.1 Å². The van der Waals surface area contributed by atoms with E-state index < -0.39 is 10.0 Å². The summed E-state index contributed by atoms with van der Waals surface area (Å²) in [6.45, 7) is 1.69. The lowest BCUT2D eigenvalue weighted by Crippen LogP contribution is -2.14. The van der Waals surface area contributed by atoms with Gasteiger partial charge in [0.25, 0.3) is 10.0 Å². The zero-order valence-electron chi connectivity index (χ0n) is 9.34. The van der Waals surface area contributed by atoms with Crippen LogP contribution in [0, 0.1) is 6.92 Å². The smallest absolute Gasteiger partial charge is 0.309 e. The van der Waals surface area contributed by atoms with Crippen molar-refractivity contribution in [2.75, 3.05) is 10.5 Å². The van der Waals surface area contributed by atoms with Gasteiger partial charge in [-0.3, -0.25) is 0 Å². The van der Waals surface area contributed by atoms with Crippen LogP contribution in [0.3, 0.4) is 0 Å². The van der Waals surface area contributed by atoms with Crippen molar-refractivity contribution in [3.63, 3.8) is 0 Å². The summed E-state index contributed by atoms with van der Waals surface area (Å²) in [5, 5.41) is 0. The Balaban J connectivity index is 2.39. The van der Waals surface area contributed by atoms with E-state index in [4.69, 9.17) is 10.2 Å². The molecular weight excluding hydrogens is 322 g/mol. The number of aromatic nitrogens is 1. The summed E-state index contributed by atoms with van der Waals surface area (Å²) in [7, 11) is -3.79. The molecule has 3 N–H and O–H groups in total. The number of nitrogen functional groups attached to an aromatic ring is 1. The molecule has 0 spiro atoms. The van der Waals surface area contributed by atoms with E-state index in [0.717, 1.165) is 0 Å². The van der Waals surface area contributed by atoms with Gasteiger partial charge in [0, 0.05) is 10.2 Å². The number of rotatable bonds is 3. The summed E-state index contributed by atoms with van der Waals surface area (Å²) in [5.74, 6) is 0. The molecule has 0 saturated heterocycles. The fourth-order valence-corrected chi connectivity index (χ4v) is 3.23. The van der Waals surface area contributed by atoms with Gasteiger partial charge in [-0.05, 0) is 41.1 Å². The Kier molecular flexibility index (Phi) is 3.31. The molecule has 0 aliphatic rings. The summed E-state index contributed by atoms with van der Waals surface area (Å²) in [6.07, 6.45) is 1.35. The van der Waals surface area contributed by atoms with Gasteiger partial charge in [-0.2, -0.15) is 4.98 Å². The Labute approximate surface area is 112 Å². The normalized spacial score (nSPS) is 11.4. The molecule has 96 valence electrons. The van der Waals surface area contributed by atoms with Crippen molar-refractivity contribution in [3.05, 3.63) is 34.6 Å². The fraction of sp³-hybridized carbons (Fsp3) is 0.100. The average molecular weight is 332 g/mol. The molecule has 6 nitrogen and oxygen atoms in total. The molecule has 0 fully saturated rings. The largest absolute Gasteiger partial charge is 0.431 e. The number of halogens is 1. The summed E-state index contributed by atoms with van der Waals surface area (Å²) < 4.78 is 31.8. The van der Waals surface area contributed by atoms with Gasteiger partial charge in [-0.15, -0.1) is 0 Å². The molecule has 0 saturated carbocycles. The van der Waals surface area contributed by atoms with Crippen LogP contribution in [0.1, 0.15) is 5.69 Å². The highest BCUT2D eigenvalue weighted by atomic mass is 79.9. The fourth-order valence-electron chi connectivity index (χ4n) is 1.30. The van der Waals surface area contributed by atoms with E-state index in [1.807, 2.05) is 0 Å². The van der Waals surface area contributed by atoms with Crippen molar-refractivity contribution in [1.82, 2.24) is 4.98 Å². The van der Waals surface area contributed by atoms with E-state index in [-0.39, 0.29) is 10.9 Å². The van der Waals surface area contributed by atoms with Gasteiger partial charge in [0.2, 0.25) is 0 Å². The van der Waals surface area contributed by atoms with Gasteiger partial charge >= 0.3 is 6.01 Å². The van der Waals surface area contributed by atoms with E-state index in [9.17, 15) is 8.42 Å². The van der Waals surface area contributed by atoms with Gasteiger partial charge < -0.3 is 10.2 Å². The van der Waals surface area contributed by atoms with Gasteiger partial charge in [0.1, 0.15) is 11.2 Å². The molecular formula is C10H10BrN3O3S. The van der Waals surface area contributed by atoms with Gasteiger partial charge in [-0.1, -0.05) is 0 Å². The van der Waals surface area contributed by atoms with Crippen LogP contribution in [0.5, 0.6) is 0 Å². The van der Waals surface area contributed by atoms with Crippen molar-refractivity contribution < 1.29 is 12.8 Å². The van der Waals surface area contributed by atoms with Gasteiger partial charge in [0.15, 0.2) is 0 Å². The molecule has 2 rings (SSSR count). The predicted octanol–water partition coefficient (Wildman–Crippen LogP) is 2.13. The first-order valence-corrected chi connectivity index (χ1v) is 7.16. The highest BCUT2D eigenvalue weighted by molar-refractivity contribution is 9.10. The maximum absolute atomic E-state index is 12.1. The van der Waals surface area contributed by atoms with Crippen molar-refractivity contribution in [2.45, 2.75) is 11.8 Å². The number of sulfonamides is 1. The van der Waals surface area contributed by atoms with Crippen LogP contribution in [0.2, 0.25) is 0 Å². The third-order valence-electron chi connectivity index (χ3n) is 2.09. The molecule has 1 heterocycles. The van der Waals surface area contributed by atoms with Crippen molar-refractivity contribution >= 4 is 37.7 Å². The summed E-state index contributed by atoms with van der Waals surface area (Å²) in [6, 6.07) is 4.42. The number of aryl methyl sites for hydroxylation is 1. The average Bonchev–Trinajstić information content (AvgIpc) is 2.66. The number of nitrogens with zero attached hydrogens (tertiary/aromatic N) is 1. The van der Waals surface area contributed by atoms with Crippen LogP contribution < -0.4 is 10.5 Å². The number of hydrogen-bond acceptors (Lipinski definition) is 5. The third-order valence-corrected chi connectivity index (χ3v) is 4.40. The lowest BCUT2D eigenvalue weighted by Gasteiger charge is -2.07. The van der Waals surface area contributed by atoms with Crippen molar-refractivity contribution in [2.24, 2.45) is 0 Å². The minimum absolute atomic E-state index is 0.0263. The number of nitrogens with one attached hydrogen (secondary N) is 1.